The zero-order valence-corrected chi connectivity index (χ0v) is 20.7. The molecule has 7 heteroatoms. The van der Waals surface area contributed by atoms with Gasteiger partial charge in [0.05, 0.1) is 12.3 Å². The number of furan rings is 1. The first-order valence-corrected chi connectivity index (χ1v) is 12.4. The van der Waals surface area contributed by atoms with E-state index in [9.17, 15) is 9.59 Å². The highest BCUT2D eigenvalue weighted by Gasteiger charge is 2.53. The minimum Gasteiger partial charge on any atom is -0.449 e. The summed E-state index contributed by atoms with van der Waals surface area (Å²) in [4.78, 5) is 34.0. The van der Waals surface area contributed by atoms with Gasteiger partial charge in [0.25, 0.3) is 5.91 Å². The van der Waals surface area contributed by atoms with Crippen molar-refractivity contribution in [1.29, 1.82) is 0 Å². The van der Waals surface area contributed by atoms with E-state index < -0.39 is 0 Å². The second-order valence-corrected chi connectivity index (χ2v) is 9.48. The highest BCUT2D eigenvalue weighted by molar-refractivity contribution is 5.94. The molecule has 3 atom stereocenters. The third-order valence-corrected chi connectivity index (χ3v) is 7.47. The Labute approximate surface area is 198 Å². The Kier molecular flexibility index (Phi) is 8.51. The van der Waals surface area contributed by atoms with Crippen molar-refractivity contribution in [3.8, 4) is 0 Å². The largest absolute Gasteiger partial charge is 0.449 e. The van der Waals surface area contributed by atoms with Gasteiger partial charge in [0.15, 0.2) is 11.5 Å². The first kappa shape index (κ1) is 25.2. The van der Waals surface area contributed by atoms with Crippen LogP contribution in [0.15, 0.2) is 22.1 Å². The van der Waals surface area contributed by atoms with Crippen LogP contribution in [0.5, 0.6) is 0 Å². The molecule has 1 N–H and O–H groups in total. The van der Waals surface area contributed by atoms with Crippen molar-refractivity contribution in [3.63, 3.8) is 0 Å². The Morgan fingerprint density at radius 3 is 2.85 bits per heavy atom. The maximum Gasteiger partial charge on any atom is 0.287 e. The molecule has 1 saturated heterocycles. The number of carbonyl (C=O) groups excluding carboxylic acids is 2. The van der Waals surface area contributed by atoms with E-state index in [0.29, 0.717) is 18.2 Å². The summed E-state index contributed by atoms with van der Waals surface area (Å²) in [6, 6.07) is 1.64. The summed E-state index contributed by atoms with van der Waals surface area (Å²) >= 11 is 0. The van der Waals surface area contributed by atoms with Gasteiger partial charge in [0.1, 0.15) is 0 Å². The van der Waals surface area contributed by atoms with E-state index in [2.05, 4.69) is 40.5 Å². The molecule has 1 aliphatic heterocycles. The third-order valence-electron chi connectivity index (χ3n) is 7.47. The number of amides is 2. The van der Waals surface area contributed by atoms with Crippen molar-refractivity contribution in [1.82, 2.24) is 15.1 Å². The molecular weight excluding hydrogens is 416 g/mol. The highest BCUT2D eigenvalue weighted by atomic mass is 16.4. The maximum absolute atomic E-state index is 13.1. The molecule has 33 heavy (non-hydrogen) atoms. The van der Waals surface area contributed by atoms with Crippen molar-refractivity contribution in [3.05, 3.63) is 29.7 Å². The lowest BCUT2D eigenvalue weighted by Crippen LogP contribution is -2.47. The monoisotopic (exact) mass is 456 g/mol. The second-order valence-electron chi connectivity index (χ2n) is 9.48. The minimum atomic E-state index is -0.203. The van der Waals surface area contributed by atoms with Gasteiger partial charge in [-0.3, -0.25) is 19.5 Å². The molecule has 0 aromatic carbocycles. The van der Waals surface area contributed by atoms with Crippen LogP contribution in [-0.4, -0.2) is 73.6 Å². The van der Waals surface area contributed by atoms with Crippen LogP contribution in [0.4, 0.5) is 0 Å². The molecule has 1 aliphatic carbocycles. The number of rotatable bonds is 10. The van der Waals surface area contributed by atoms with Gasteiger partial charge < -0.3 is 14.6 Å². The lowest BCUT2D eigenvalue weighted by molar-refractivity contribution is -0.136. The Morgan fingerprint density at radius 1 is 1.39 bits per heavy atom. The Balaban J connectivity index is 1.52. The summed E-state index contributed by atoms with van der Waals surface area (Å²) < 4.78 is 5.65. The lowest BCUT2D eigenvalue weighted by atomic mass is 9.94. The molecule has 2 fully saturated rings. The van der Waals surface area contributed by atoms with Crippen LogP contribution in [0.2, 0.25) is 0 Å². The molecule has 3 rings (SSSR count). The summed E-state index contributed by atoms with van der Waals surface area (Å²) in [6.45, 7) is 14.2. The lowest BCUT2D eigenvalue weighted by Gasteiger charge is -2.31. The van der Waals surface area contributed by atoms with Gasteiger partial charge in [-0.15, -0.1) is 0 Å². The molecule has 1 spiro atoms. The molecule has 2 heterocycles. The molecule has 1 aromatic rings. The van der Waals surface area contributed by atoms with Gasteiger partial charge in [-0.05, 0) is 69.5 Å². The zero-order valence-electron chi connectivity index (χ0n) is 20.7. The number of hydrogen-bond acceptors (Lipinski definition) is 5. The number of aliphatic imine (C=N–C) groups is 1. The Bertz CT molecular complexity index is 877. The first-order valence-electron chi connectivity index (χ1n) is 12.4. The van der Waals surface area contributed by atoms with E-state index >= 15 is 0 Å². The predicted molar refractivity (Wildman–Crippen MR) is 133 cm³/mol. The molecule has 3 unspecified atom stereocenters. The second kappa shape index (κ2) is 11.1. The number of nitrogens with one attached hydrogen (secondary N) is 1. The smallest absolute Gasteiger partial charge is 0.287 e. The van der Waals surface area contributed by atoms with E-state index in [4.69, 9.17) is 4.42 Å². The topological polar surface area (TPSA) is 78.2 Å². The zero-order chi connectivity index (χ0) is 24.0. The number of likely N-dealkylation sites (N-methyl/N-ethyl adjacent to an activating group) is 1. The number of nitrogens with zero attached hydrogens (tertiary/aromatic N) is 3. The quantitative estimate of drug-likeness (QED) is 0.543. The molecule has 1 aromatic heterocycles. The summed E-state index contributed by atoms with van der Waals surface area (Å²) in [5.74, 6) is 1.35. The fourth-order valence-corrected chi connectivity index (χ4v) is 5.31. The molecule has 2 aliphatic rings. The van der Waals surface area contributed by atoms with Crippen molar-refractivity contribution in [2.24, 2.45) is 16.3 Å². The molecule has 1 saturated carbocycles. The average Bonchev–Trinajstić information content (AvgIpc) is 3.43. The van der Waals surface area contributed by atoms with Crippen molar-refractivity contribution < 1.29 is 14.0 Å². The van der Waals surface area contributed by atoms with Crippen LogP contribution in [0.3, 0.4) is 0 Å². The van der Waals surface area contributed by atoms with Gasteiger partial charge in [0.2, 0.25) is 5.91 Å². The predicted octanol–water partition coefficient (Wildman–Crippen LogP) is 3.84. The SMILES string of the molecule is C=Cc1cc(C(=O)NCC2CC23CCCN(C(=O)C(C)N(CC)CCC)CC3)oc1C=NC. The minimum absolute atomic E-state index is 0.0605. The van der Waals surface area contributed by atoms with E-state index in [1.807, 2.05) is 6.92 Å². The standard InChI is InChI=1S/C26H40N4O3/c1-6-12-29(8-3)19(4)25(32)30-13-9-10-26(11-14-30)16-21(26)17-28-24(31)22-15-20(7-2)23(33-22)18-27-5/h7,15,18-19,21H,2,6,8-14,16-17H2,1,3-5H3,(H,28,31). The van der Waals surface area contributed by atoms with Crippen LogP contribution >= 0.6 is 0 Å². The van der Waals surface area contributed by atoms with Gasteiger partial charge in [0, 0.05) is 32.2 Å². The fourth-order valence-electron chi connectivity index (χ4n) is 5.31. The van der Waals surface area contributed by atoms with E-state index in [-0.39, 0.29) is 29.0 Å². The van der Waals surface area contributed by atoms with Crippen LogP contribution < -0.4 is 5.32 Å². The van der Waals surface area contributed by atoms with Crippen molar-refractivity contribution >= 4 is 24.1 Å². The van der Waals surface area contributed by atoms with Crippen LogP contribution in [-0.2, 0) is 4.79 Å². The molecular formula is C26H40N4O3. The van der Waals surface area contributed by atoms with Crippen LogP contribution in [0.25, 0.3) is 6.08 Å². The Hall–Kier alpha value is -2.41. The summed E-state index contributed by atoms with van der Waals surface area (Å²) in [7, 11) is 1.66. The summed E-state index contributed by atoms with van der Waals surface area (Å²) in [5, 5.41) is 3.05. The molecule has 0 radical (unpaired) electrons. The van der Waals surface area contributed by atoms with Crippen LogP contribution in [0, 0.1) is 11.3 Å². The van der Waals surface area contributed by atoms with Crippen molar-refractivity contribution in [2.75, 3.05) is 39.8 Å². The molecule has 182 valence electrons. The van der Waals surface area contributed by atoms with E-state index in [1.165, 1.54) is 0 Å². The summed E-state index contributed by atoms with van der Waals surface area (Å²) in [6.07, 6.45) is 8.60. The van der Waals surface area contributed by atoms with E-state index in [0.717, 1.165) is 63.8 Å². The van der Waals surface area contributed by atoms with Crippen LogP contribution in [0.1, 0.15) is 74.8 Å². The number of likely N-dealkylation sites (tertiary alicyclic amines) is 1. The molecule has 0 bridgehead atoms. The molecule has 7 nitrogen and oxygen atoms in total. The fraction of sp³-hybridized carbons (Fsp3) is 0.654. The number of hydrogen-bond donors (Lipinski definition) is 1. The number of carbonyl (C=O) groups is 2. The highest BCUT2D eigenvalue weighted by Crippen LogP contribution is 2.59. The van der Waals surface area contributed by atoms with Gasteiger partial charge in [-0.2, -0.15) is 0 Å². The van der Waals surface area contributed by atoms with Gasteiger partial charge in [-0.1, -0.05) is 26.5 Å². The van der Waals surface area contributed by atoms with Gasteiger partial charge in [-0.25, -0.2) is 0 Å². The Morgan fingerprint density at radius 2 is 2.18 bits per heavy atom. The molecule has 2 amide bonds. The third kappa shape index (κ3) is 5.75. The van der Waals surface area contributed by atoms with Gasteiger partial charge >= 0.3 is 0 Å². The summed E-state index contributed by atoms with van der Waals surface area (Å²) in [5.41, 5.74) is 1.02. The maximum atomic E-state index is 13.1. The normalized spacial score (nSPS) is 23.7. The van der Waals surface area contributed by atoms with Crippen molar-refractivity contribution in [2.45, 2.75) is 58.9 Å². The first-order chi connectivity index (χ1) is 15.9. The average molecular weight is 457 g/mol. The van der Waals surface area contributed by atoms with E-state index in [1.54, 1.807) is 25.4 Å².